The van der Waals surface area contributed by atoms with Gasteiger partial charge in [0.15, 0.2) is 0 Å². The molecule has 0 saturated carbocycles. The molecule has 0 bridgehead atoms. The van der Waals surface area contributed by atoms with Crippen LogP contribution in [0.2, 0.25) is 0 Å². The zero-order valence-electron chi connectivity index (χ0n) is 11.3. The fraction of sp³-hybridized carbons (Fsp3) is 0.571. The average molecular weight is 333 g/mol. The van der Waals surface area contributed by atoms with Crippen molar-refractivity contribution in [1.82, 2.24) is 4.90 Å². The normalized spacial score (nSPS) is 20.1. The summed E-state index contributed by atoms with van der Waals surface area (Å²) >= 11 is 3.22. The van der Waals surface area contributed by atoms with Crippen LogP contribution in [0.5, 0.6) is 0 Å². The first kappa shape index (κ1) is 14.7. The Bertz CT molecular complexity index is 428. The second-order valence-electron chi connectivity index (χ2n) is 5.25. The maximum Gasteiger partial charge on any atom is 0.149 e. The predicted molar refractivity (Wildman–Crippen MR) is 77.9 cm³/mol. The highest BCUT2D eigenvalue weighted by atomic mass is 79.9. The number of alkyl halides is 1. The number of anilines is 1. The van der Waals surface area contributed by atoms with E-state index >= 15 is 0 Å². The van der Waals surface area contributed by atoms with Crippen LogP contribution in [-0.2, 0) is 5.33 Å². The van der Waals surface area contributed by atoms with Gasteiger partial charge in [0.1, 0.15) is 17.3 Å². The first-order valence-electron chi connectivity index (χ1n) is 6.48. The molecule has 1 unspecified atom stereocenters. The van der Waals surface area contributed by atoms with Gasteiger partial charge in [0.05, 0.1) is 0 Å². The summed E-state index contributed by atoms with van der Waals surface area (Å²) in [6.45, 7) is 1.39. The Hall–Kier alpha value is -0.680. The lowest BCUT2D eigenvalue weighted by atomic mass is 10.0. The maximum absolute atomic E-state index is 14.1. The van der Waals surface area contributed by atoms with Crippen molar-refractivity contribution in [2.75, 3.05) is 32.1 Å². The van der Waals surface area contributed by atoms with Crippen LogP contribution in [-0.4, -0.2) is 38.1 Å². The zero-order valence-corrected chi connectivity index (χ0v) is 12.9. The molecule has 1 aliphatic rings. The predicted octanol–water partition coefficient (Wildman–Crippen LogP) is 3.39. The number of benzene rings is 1. The van der Waals surface area contributed by atoms with Gasteiger partial charge in [0, 0.05) is 24.5 Å². The number of halogens is 3. The lowest BCUT2D eigenvalue weighted by Crippen LogP contribution is -2.45. The third kappa shape index (κ3) is 3.26. The fourth-order valence-electron chi connectivity index (χ4n) is 2.58. The summed E-state index contributed by atoms with van der Waals surface area (Å²) in [4.78, 5) is 3.95. The third-order valence-corrected chi connectivity index (χ3v) is 4.32. The number of hydrogen-bond donors (Lipinski definition) is 0. The van der Waals surface area contributed by atoms with E-state index in [0.717, 1.165) is 12.8 Å². The highest BCUT2D eigenvalue weighted by Crippen LogP contribution is 2.29. The molecule has 0 radical (unpaired) electrons. The van der Waals surface area contributed by atoms with Crippen molar-refractivity contribution in [3.05, 3.63) is 29.3 Å². The lowest BCUT2D eigenvalue weighted by molar-refractivity contribution is 0.256. The number of likely N-dealkylation sites (N-methyl/N-ethyl adjacent to an activating group) is 1. The summed E-state index contributed by atoms with van der Waals surface area (Å²) in [6.07, 6.45) is 2.04. The smallest absolute Gasteiger partial charge is 0.149 e. The minimum atomic E-state index is -0.464. The minimum absolute atomic E-state index is 0.122. The van der Waals surface area contributed by atoms with Crippen LogP contribution in [0.4, 0.5) is 14.5 Å². The Kier molecular flexibility index (Phi) is 4.79. The molecule has 0 aliphatic carbocycles. The van der Waals surface area contributed by atoms with Crippen molar-refractivity contribution in [2.24, 2.45) is 0 Å². The van der Waals surface area contributed by atoms with Gasteiger partial charge in [-0.3, -0.25) is 0 Å². The summed E-state index contributed by atoms with van der Waals surface area (Å²) in [7, 11) is 4.02. The van der Waals surface area contributed by atoms with Crippen molar-refractivity contribution < 1.29 is 8.78 Å². The van der Waals surface area contributed by atoms with Crippen molar-refractivity contribution in [3.8, 4) is 0 Å². The van der Waals surface area contributed by atoms with E-state index in [-0.39, 0.29) is 5.69 Å². The van der Waals surface area contributed by atoms with Crippen LogP contribution in [0, 0.1) is 11.6 Å². The molecule has 106 valence electrons. The monoisotopic (exact) mass is 332 g/mol. The third-order valence-electron chi connectivity index (χ3n) is 3.67. The van der Waals surface area contributed by atoms with Gasteiger partial charge in [0.2, 0.25) is 0 Å². The van der Waals surface area contributed by atoms with E-state index in [9.17, 15) is 8.78 Å². The van der Waals surface area contributed by atoms with E-state index in [4.69, 9.17) is 0 Å². The second-order valence-corrected chi connectivity index (χ2v) is 5.81. The maximum atomic E-state index is 14.1. The summed E-state index contributed by atoms with van der Waals surface area (Å²) < 4.78 is 28.2. The van der Waals surface area contributed by atoms with Gasteiger partial charge in [-0.15, -0.1) is 0 Å². The summed E-state index contributed by atoms with van der Waals surface area (Å²) in [5, 5.41) is 0.460. The van der Waals surface area contributed by atoms with Gasteiger partial charge >= 0.3 is 0 Å². The molecule has 1 heterocycles. The van der Waals surface area contributed by atoms with E-state index in [2.05, 4.69) is 20.8 Å². The molecule has 1 aromatic carbocycles. The quantitative estimate of drug-likeness (QED) is 0.783. The van der Waals surface area contributed by atoms with E-state index in [1.165, 1.54) is 12.1 Å². The van der Waals surface area contributed by atoms with Crippen LogP contribution < -0.4 is 4.90 Å². The van der Waals surface area contributed by atoms with Gasteiger partial charge in [-0.1, -0.05) is 15.9 Å². The van der Waals surface area contributed by atoms with Crippen LogP contribution in [0.3, 0.4) is 0 Å². The number of piperidine rings is 1. The Morgan fingerprint density at radius 1 is 1.32 bits per heavy atom. The first-order chi connectivity index (χ1) is 9.02. The van der Waals surface area contributed by atoms with Crippen LogP contribution in [0.25, 0.3) is 0 Å². The second kappa shape index (κ2) is 6.18. The first-order valence-corrected chi connectivity index (χ1v) is 7.60. The van der Waals surface area contributed by atoms with Crippen LogP contribution >= 0.6 is 15.9 Å². The summed E-state index contributed by atoms with van der Waals surface area (Å²) in [5.74, 6) is -0.928. The number of nitrogens with zero attached hydrogens (tertiary/aromatic N) is 2. The lowest BCUT2D eigenvalue weighted by Gasteiger charge is -2.37. The molecule has 1 fully saturated rings. The molecule has 2 rings (SSSR count). The number of rotatable bonds is 3. The Morgan fingerprint density at radius 3 is 2.47 bits per heavy atom. The van der Waals surface area contributed by atoms with E-state index in [0.29, 0.717) is 30.0 Å². The topological polar surface area (TPSA) is 6.48 Å². The minimum Gasteiger partial charge on any atom is -0.365 e. The van der Waals surface area contributed by atoms with Gasteiger partial charge in [-0.2, -0.15) is 0 Å². The van der Waals surface area contributed by atoms with Crippen molar-refractivity contribution in [2.45, 2.75) is 24.2 Å². The Labute approximate surface area is 121 Å². The zero-order chi connectivity index (χ0) is 14.0. The molecule has 1 aliphatic heterocycles. The van der Waals surface area contributed by atoms with Crippen LogP contribution in [0.1, 0.15) is 18.4 Å². The SMILES string of the molecule is CN(C)C1CCCN(c2c(F)cc(CBr)cc2F)C1. The Morgan fingerprint density at radius 2 is 1.95 bits per heavy atom. The molecule has 0 aromatic heterocycles. The van der Waals surface area contributed by atoms with Crippen molar-refractivity contribution >= 4 is 21.6 Å². The standard InChI is InChI=1S/C14H19BrF2N2/c1-18(2)11-4-3-5-19(9-11)14-12(16)6-10(8-15)7-13(14)17/h6-7,11H,3-5,8-9H2,1-2H3. The van der Waals surface area contributed by atoms with Gasteiger partial charge < -0.3 is 9.80 Å². The molecule has 5 heteroatoms. The van der Waals surface area contributed by atoms with E-state index in [1.54, 1.807) is 0 Å². The van der Waals surface area contributed by atoms with E-state index in [1.807, 2.05) is 19.0 Å². The highest BCUT2D eigenvalue weighted by molar-refractivity contribution is 9.08. The molecular formula is C14H19BrF2N2. The van der Waals surface area contributed by atoms with Crippen molar-refractivity contribution in [1.29, 1.82) is 0 Å². The highest BCUT2D eigenvalue weighted by Gasteiger charge is 2.25. The molecule has 0 spiro atoms. The molecular weight excluding hydrogens is 314 g/mol. The van der Waals surface area contributed by atoms with Crippen molar-refractivity contribution in [3.63, 3.8) is 0 Å². The van der Waals surface area contributed by atoms with Gasteiger partial charge in [-0.05, 0) is 44.6 Å². The molecule has 0 amide bonds. The molecule has 1 saturated heterocycles. The number of hydrogen-bond acceptors (Lipinski definition) is 2. The largest absolute Gasteiger partial charge is 0.365 e. The van der Waals surface area contributed by atoms with Crippen LogP contribution in [0.15, 0.2) is 12.1 Å². The van der Waals surface area contributed by atoms with E-state index < -0.39 is 11.6 Å². The Balaban J connectivity index is 2.26. The molecule has 1 atom stereocenters. The van der Waals surface area contributed by atoms with Gasteiger partial charge in [0.25, 0.3) is 0 Å². The molecule has 1 aromatic rings. The molecule has 2 nitrogen and oxygen atoms in total. The molecule has 19 heavy (non-hydrogen) atoms. The fourth-order valence-corrected chi connectivity index (χ4v) is 2.90. The summed E-state index contributed by atoms with van der Waals surface area (Å²) in [6, 6.07) is 3.17. The molecule has 0 N–H and O–H groups in total. The summed E-state index contributed by atoms with van der Waals surface area (Å²) in [5.41, 5.74) is 0.746. The average Bonchev–Trinajstić information content (AvgIpc) is 2.38. The van der Waals surface area contributed by atoms with Gasteiger partial charge in [-0.25, -0.2) is 8.78 Å².